The van der Waals surface area contributed by atoms with Gasteiger partial charge >= 0.3 is 47.8 Å². The molecule has 0 spiro atoms. The predicted octanol–water partition coefficient (Wildman–Crippen LogP) is 29.1. The van der Waals surface area contributed by atoms with Crippen LogP contribution in [0.25, 0.3) is 0 Å². The molecule has 0 aromatic heterocycles. The summed E-state index contributed by atoms with van der Waals surface area (Å²) in [5.41, 5.74) is -6.16. The van der Waals surface area contributed by atoms with Gasteiger partial charge in [-0.1, -0.05) is 151 Å². The van der Waals surface area contributed by atoms with E-state index in [1.165, 1.54) is 96.3 Å². The Morgan fingerprint density at radius 2 is 0.735 bits per heavy atom. The van der Waals surface area contributed by atoms with Crippen LogP contribution in [0.5, 0.6) is 0 Å². The molecule has 8 atom stereocenters. The van der Waals surface area contributed by atoms with Gasteiger partial charge in [0.1, 0.15) is 28.5 Å². The fourth-order valence-corrected chi connectivity index (χ4v) is 28.0. The molecule has 1 heterocycles. The highest BCUT2D eigenvalue weighted by Gasteiger charge is 2.67. The van der Waals surface area contributed by atoms with E-state index < -0.39 is 67.8 Å². The third-order valence-electron chi connectivity index (χ3n) is 36.3. The summed E-state index contributed by atoms with van der Waals surface area (Å²) in [6.45, 7) is 42.6. The molecule has 0 amide bonds. The largest absolute Gasteiger partial charge is 0.463 e. The number of aliphatic hydroxyl groups is 3. The van der Waals surface area contributed by atoms with Gasteiger partial charge < -0.3 is 58.0 Å². The Kier molecular flexibility index (Phi) is 47.9. The summed E-state index contributed by atoms with van der Waals surface area (Å²) in [5.74, 6) is 7.20. The first-order chi connectivity index (χ1) is 57.8. The van der Waals surface area contributed by atoms with Crippen LogP contribution in [0.4, 0.5) is 0 Å². The number of cyclic esters (lactones) is 1. The van der Waals surface area contributed by atoms with Crippen molar-refractivity contribution in [3.05, 3.63) is 0 Å². The fourth-order valence-electron chi connectivity index (χ4n) is 28.0. The Balaban J connectivity index is 0.00000162. The lowest BCUT2D eigenvalue weighted by molar-refractivity contribution is -0.264. The summed E-state index contributed by atoms with van der Waals surface area (Å²) in [7, 11) is 0. The molecule has 802 valence electrons. The maximum atomic E-state index is 13.6. The Bertz CT molecular complexity index is 3670. The predicted molar refractivity (Wildman–Crippen MR) is 555 cm³/mol. The van der Waals surface area contributed by atoms with Gasteiger partial charge in [-0.05, 0) is 404 Å². The molecule has 0 aromatic carbocycles. The van der Waals surface area contributed by atoms with Crippen LogP contribution in [0.2, 0.25) is 0 Å². The molecule has 20 bridgehead atoms. The number of carbonyl (C=O) groups is 8. The lowest BCUT2D eigenvalue weighted by Crippen LogP contribution is -2.67. The Labute approximate surface area is 834 Å². The van der Waals surface area contributed by atoms with E-state index in [2.05, 4.69) is 20.8 Å². The average Bonchev–Trinajstić information content (AvgIpc) is 0.718. The lowest BCUT2D eigenvalue weighted by atomic mass is 9.48. The smallest absolute Gasteiger partial charge is 0.347 e. The van der Waals surface area contributed by atoms with Crippen LogP contribution in [-0.2, 0) is 81.0 Å². The van der Waals surface area contributed by atoms with E-state index in [-0.39, 0.29) is 182 Å². The molecule has 0 radical (unpaired) electrons. The number of hydrogen-bond acceptors (Lipinski definition) is 20. The minimum atomic E-state index is -0.842. The van der Waals surface area contributed by atoms with Gasteiger partial charge in [-0.25, -0.2) is 4.79 Å². The van der Waals surface area contributed by atoms with Gasteiger partial charge in [-0.3, -0.25) is 33.6 Å². The highest BCUT2D eigenvalue weighted by Crippen LogP contribution is 2.66. The maximum Gasteiger partial charge on any atom is 0.347 e. The average molecular weight is 1930 g/mol. The highest BCUT2D eigenvalue weighted by molar-refractivity contribution is 5.83. The third-order valence-corrected chi connectivity index (χ3v) is 36.3. The van der Waals surface area contributed by atoms with Crippen LogP contribution >= 0.6 is 0 Å². The van der Waals surface area contributed by atoms with E-state index >= 15 is 0 Å². The first-order valence-electron chi connectivity index (χ1n) is 50.3. The SMILES string of the molecule is C.C.C.C.C.C.C.C.C.C.C.C.CCC(C)(C)C(=O)OC1(CC)C2CC3CC(C2)CC1C3.CCC(C)(C)C(=O)OC12CC3CC(CC(O)(C3)C1)C2.CCC(C)(C)C(=O)OC12CC3CC(O)(CC(O)(C3)C1)C2.CCC(C)(C)C(=O)OC1C2CC3CC1CC(C(=O)OC(C)OCC14CC5CC(CC(C5)C1)C4)(C3)C2.CCC(C)(C)C(=O)OC1CCOC1=O.CCC1(OC(=O)C(C)(C)CC)CCCCC1. The minimum Gasteiger partial charge on any atom is -0.463 e. The van der Waals surface area contributed by atoms with E-state index in [1.54, 1.807) is 13.8 Å². The lowest BCUT2D eigenvalue weighted by Gasteiger charge is -2.62. The van der Waals surface area contributed by atoms with Crippen molar-refractivity contribution in [2.45, 2.75) is 562 Å². The quantitative estimate of drug-likeness (QED) is 0.0435. The van der Waals surface area contributed by atoms with Crippen molar-refractivity contribution in [3.8, 4) is 0 Å². The number of rotatable bonds is 25. The standard InChI is InChI=1S/C30H46O5.C18H30O2.C16H26O4.C16H26O3.C14H26O2.C10H16O4.12CH4/c1-5-28(3,4)26(31)35-25-23-9-22-10-24(25)16-30(14-22,15-23)27(32)34-18(2)33-17-29-11-19-6-20(12-29)8-21(7-19)13-29;1-5-17(3,4)16(19)20-18(6-2)14-8-12-7-13(10-14)11-15(18)9-12;1-4-13(2,3)12(17)20-16-7-11-5-14(18,9-16)8-15(19,6-11)10-16;1-4-14(2,3)13(17)19-16-8-11-5-12(9-16)7-15(18,6-11)10-16;1-5-13(3,4)12(15)16-14(6-2)10-8-7-9-11-14;1-4-10(2,3)9(12)14-7-5-6-13-8(7)11;;;;;;;;;;;;/h18-25H,5-17H2,1-4H3;12-15H,5-11H2,1-4H3;11,18-19H,4-10H2,1-3H3;11-12,18H,4-10H2,1-3H3;5-11H2,1-4H3;7H,4-6H2,1-3H3;12*1H4. The molecule has 136 heavy (non-hydrogen) atoms. The number of esters is 8. The van der Waals surface area contributed by atoms with Crippen LogP contribution in [0, 0.1) is 120 Å². The van der Waals surface area contributed by atoms with Gasteiger partial charge in [0.25, 0.3) is 0 Å². The zero-order valence-electron chi connectivity index (χ0n) is 81.1. The van der Waals surface area contributed by atoms with E-state index in [0.717, 1.165) is 171 Å². The summed E-state index contributed by atoms with van der Waals surface area (Å²) in [5, 5.41) is 32.0. The molecule has 22 rings (SSSR count). The molecular formula is C116H218O20. The Hall–Kier alpha value is -4.40. The number of ether oxygens (including phenoxy) is 9. The highest BCUT2D eigenvalue weighted by atomic mass is 16.7. The Morgan fingerprint density at radius 1 is 0.375 bits per heavy atom. The van der Waals surface area contributed by atoms with Crippen molar-refractivity contribution < 1.29 is 96.3 Å². The minimum absolute atomic E-state index is 0. The summed E-state index contributed by atoms with van der Waals surface area (Å²) < 4.78 is 52.2. The molecule has 22 fully saturated rings. The fraction of sp³-hybridized carbons (Fsp3) is 0.931. The second kappa shape index (κ2) is 49.5. The zero-order valence-corrected chi connectivity index (χ0v) is 81.1. The van der Waals surface area contributed by atoms with Crippen molar-refractivity contribution in [1.29, 1.82) is 0 Å². The van der Waals surface area contributed by atoms with E-state index in [9.17, 15) is 53.7 Å². The van der Waals surface area contributed by atoms with Crippen LogP contribution < -0.4 is 0 Å². The molecule has 20 nitrogen and oxygen atoms in total. The summed E-state index contributed by atoms with van der Waals surface area (Å²) >= 11 is 0. The van der Waals surface area contributed by atoms with E-state index in [4.69, 9.17) is 42.6 Å². The van der Waals surface area contributed by atoms with Crippen molar-refractivity contribution in [3.63, 3.8) is 0 Å². The molecule has 22 aliphatic rings. The van der Waals surface area contributed by atoms with Gasteiger partial charge in [0.2, 0.25) is 6.10 Å². The molecular weight excluding hydrogens is 1710 g/mol. The van der Waals surface area contributed by atoms with Crippen molar-refractivity contribution in [2.75, 3.05) is 13.2 Å². The zero-order chi connectivity index (χ0) is 90.8. The molecule has 1 aliphatic heterocycles. The van der Waals surface area contributed by atoms with E-state index in [0.29, 0.717) is 80.1 Å². The molecule has 0 aromatic rings. The number of carbonyl (C=O) groups excluding carboxylic acids is 8. The van der Waals surface area contributed by atoms with Crippen LogP contribution in [0.3, 0.4) is 0 Å². The van der Waals surface area contributed by atoms with Crippen LogP contribution in [-0.4, -0.2) is 134 Å². The molecule has 3 N–H and O–H groups in total. The summed E-state index contributed by atoms with van der Waals surface area (Å²) in [6, 6.07) is 0. The first kappa shape index (κ1) is 132. The van der Waals surface area contributed by atoms with Gasteiger partial charge in [-0.15, -0.1) is 0 Å². The molecule has 21 aliphatic carbocycles. The van der Waals surface area contributed by atoms with Gasteiger partial charge in [0, 0.05) is 32.1 Å². The van der Waals surface area contributed by atoms with E-state index in [1.807, 2.05) is 111 Å². The summed E-state index contributed by atoms with van der Waals surface area (Å²) in [6.07, 6.45) is 40.6. The molecule has 8 unspecified atom stereocenters. The van der Waals surface area contributed by atoms with Crippen LogP contribution in [0.1, 0.15) is 504 Å². The maximum absolute atomic E-state index is 13.6. The van der Waals surface area contributed by atoms with Gasteiger partial charge in [0.15, 0.2) is 6.29 Å². The molecule has 20 heteroatoms. The van der Waals surface area contributed by atoms with Gasteiger partial charge in [-0.2, -0.15) is 0 Å². The normalized spacial score (nSPS) is 35.9. The van der Waals surface area contributed by atoms with Crippen molar-refractivity contribution in [2.24, 2.45) is 120 Å². The Morgan fingerprint density at radius 3 is 1.12 bits per heavy atom. The second-order valence-corrected chi connectivity index (χ2v) is 48.9. The molecule has 1 saturated heterocycles. The second-order valence-electron chi connectivity index (χ2n) is 48.9. The topological polar surface area (TPSA) is 280 Å². The monoisotopic (exact) mass is 1930 g/mol. The van der Waals surface area contributed by atoms with Crippen LogP contribution in [0.15, 0.2) is 0 Å². The van der Waals surface area contributed by atoms with Crippen molar-refractivity contribution in [1.82, 2.24) is 0 Å². The molecule has 21 saturated carbocycles. The third kappa shape index (κ3) is 28.8. The van der Waals surface area contributed by atoms with Crippen molar-refractivity contribution >= 4 is 47.8 Å². The first-order valence-corrected chi connectivity index (χ1v) is 50.3. The van der Waals surface area contributed by atoms with Gasteiger partial charge in [0.05, 0.1) is 67.9 Å². The summed E-state index contributed by atoms with van der Waals surface area (Å²) in [4.78, 5) is 98.5. The number of hydrogen-bond donors (Lipinski definition) is 3.